The van der Waals surface area contributed by atoms with E-state index in [1.807, 2.05) is 0 Å². The summed E-state index contributed by atoms with van der Waals surface area (Å²) >= 11 is 0. The van der Waals surface area contributed by atoms with Gasteiger partial charge in [-0.25, -0.2) is 20.1 Å². The Morgan fingerprint density at radius 2 is 0.911 bits per heavy atom. The number of hydrogen-bond acceptors (Lipinski definition) is 1. The molecule has 2 unspecified atom stereocenters. The molecule has 0 aromatic heterocycles. The van der Waals surface area contributed by atoms with Crippen molar-refractivity contribution in [3.8, 4) is 0 Å². The van der Waals surface area contributed by atoms with E-state index in [0.29, 0.717) is 13.8 Å². The van der Waals surface area contributed by atoms with Gasteiger partial charge in [-0.3, -0.25) is 0 Å². The van der Waals surface area contributed by atoms with Crippen molar-refractivity contribution in [1.29, 1.82) is 0 Å². The van der Waals surface area contributed by atoms with Crippen molar-refractivity contribution >= 4 is 5.97 Å². The highest BCUT2D eigenvalue weighted by atomic mass is 19.4. The first-order valence-corrected chi connectivity index (χ1v) is 11.6. The fourth-order valence-electron chi connectivity index (χ4n) is 2.67. The molecule has 0 rings (SSSR count). The molecule has 0 saturated heterocycles. The average Bonchev–Trinajstić information content (AvgIpc) is 2.91. The summed E-state index contributed by atoms with van der Waals surface area (Å²) in [6.45, 7) is 4.79. The largest absolute Gasteiger partial charge is 0.478 e. The lowest BCUT2D eigenvalue weighted by atomic mass is 9.74. The molecule has 5 nitrogen and oxygen atoms in total. The molecule has 2 atom stereocenters. The van der Waals surface area contributed by atoms with Gasteiger partial charge in [0.15, 0.2) is 6.10 Å². The zero-order valence-electron chi connectivity index (χ0n) is 23.4. The van der Waals surface area contributed by atoms with Crippen molar-refractivity contribution in [3.63, 3.8) is 0 Å². The highest BCUT2D eigenvalue weighted by Crippen LogP contribution is 2.64. The molecule has 1 N–H and O–H groups in total. The minimum absolute atomic E-state index is 0.0279. The average molecular weight is 705 g/mol. The minimum Gasteiger partial charge on any atom is -0.478 e. The summed E-state index contributed by atoms with van der Waals surface area (Å²) in [7, 11) is 0. The van der Waals surface area contributed by atoms with Crippen molar-refractivity contribution in [3.05, 3.63) is 24.5 Å². The summed E-state index contributed by atoms with van der Waals surface area (Å²) in [6, 6.07) is 0. The van der Waals surface area contributed by atoms with Crippen LogP contribution >= 0.6 is 0 Å². The molecule has 0 aliphatic carbocycles. The van der Waals surface area contributed by atoms with Gasteiger partial charge in [0.2, 0.25) is 0 Å². The maximum atomic E-state index is 14.2. The Labute approximate surface area is 244 Å². The van der Waals surface area contributed by atoms with Crippen molar-refractivity contribution in [2.75, 3.05) is 13.2 Å². The van der Waals surface area contributed by atoms with Crippen molar-refractivity contribution in [1.82, 2.24) is 0 Å². The number of hydrogen-bond donors (Lipinski definition) is 1. The summed E-state index contributed by atoms with van der Waals surface area (Å²) in [5, 5.41) is 39.2. The highest BCUT2D eigenvalue weighted by molar-refractivity contribution is 5.85. The monoisotopic (exact) mass is 705 g/mol. The van der Waals surface area contributed by atoms with Crippen molar-refractivity contribution in [2.24, 2.45) is 5.41 Å². The van der Waals surface area contributed by atoms with Crippen molar-refractivity contribution < 1.29 is 99.9 Å². The third kappa shape index (κ3) is 8.83. The zero-order valence-corrected chi connectivity index (χ0v) is 23.4. The third-order valence-electron chi connectivity index (χ3n) is 5.65. The van der Waals surface area contributed by atoms with Crippen LogP contribution in [0.15, 0.2) is 11.6 Å². The smallest absolute Gasteiger partial charge is 0.460 e. The molecule has 0 aliphatic rings. The van der Waals surface area contributed by atoms with E-state index in [4.69, 9.17) is 5.11 Å². The van der Waals surface area contributed by atoms with Gasteiger partial charge in [0.05, 0.1) is 13.2 Å². The van der Waals surface area contributed by atoms with E-state index in [2.05, 4.69) is 0 Å². The SMILES string of the molecule is CCC(C)(C=C(C)C(=O)O)C([O])C(F)(F)C(F)(F)C(F)(F)C(F)(F)C(F)(F)C(F)(F)C(F)(F)C(F)(F)F.C[CH]C[O].C[CH]C[O]. The number of aliphatic carboxylic acids is 1. The Morgan fingerprint density at radius 3 is 1.13 bits per heavy atom. The van der Waals surface area contributed by atoms with Gasteiger partial charge in [-0.05, 0) is 26.2 Å². The second-order valence-corrected chi connectivity index (χ2v) is 9.09. The van der Waals surface area contributed by atoms with Crippen LogP contribution in [-0.4, -0.2) is 78.0 Å². The number of carboxylic acids is 1. The summed E-state index contributed by atoms with van der Waals surface area (Å²) in [4.78, 5) is 10.8. The first-order valence-electron chi connectivity index (χ1n) is 11.6. The molecule has 5 radical (unpaired) electrons. The predicted molar refractivity (Wildman–Crippen MR) is 116 cm³/mol. The van der Waals surface area contributed by atoms with Gasteiger partial charge >= 0.3 is 53.6 Å². The molecule has 0 aliphatic heterocycles. The molecule has 45 heavy (non-hydrogen) atoms. The Morgan fingerprint density at radius 1 is 0.644 bits per heavy atom. The lowest BCUT2D eigenvalue weighted by Gasteiger charge is -2.44. The summed E-state index contributed by atoms with van der Waals surface area (Å²) < 4.78 is 227. The van der Waals surface area contributed by atoms with Crippen LogP contribution in [0.25, 0.3) is 0 Å². The molecular formula is C23H26F17O5. The number of carbonyl (C=O) groups is 1. The molecule has 0 aromatic rings. The standard InChI is InChI=1S/C17H14F17O3.2C3H6O/c1-4-9(3,5-6(2)7(35)36)8(37)10(18,19)11(20,21)12(22,23)13(24,25)14(26,27)15(28,29)16(30,31)17(32,33)34;2*1-2-3-4/h5,8H,4H2,1-3H3,(H,35,36);2*2H,3H2,1H3. The van der Waals surface area contributed by atoms with Crippen LogP contribution in [0.1, 0.15) is 41.0 Å². The fraction of sp³-hybridized carbons (Fsp3) is 0.783. The van der Waals surface area contributed by atoms with Crippen LogP contribution in [-0.2, 0) is 20.1 Å². The Hall–Kier alpha value is -2.10. The normalized spacial score (nSPS) is 16.5. The second kappa shape index (κ2) is 15.7. The first kappa shape index (κ1) is 47.3. The molecule has 0 saturated carbocycles. The fourth-order valence-corrected chi connectivity index (χ4v) is 2.67. The number of carboxylic acid groups (broad SMARTS) is 1. The van der Waals surface area contributed by atoms with Gasteiger partial charge in [-0.1, -0.05) is 33.8 Å². The van der Waals surface area contributed by atoms with E-state index < -0.39 is 77.1 Å². The van der Waals surface area contributed by atoms with Crippen LogP contribution < -0.4 is 0 Å². The Kier molecular flexibility index (Phi) is 16.5. The van der Waals surface area contributed by atoms with Gasteiger partial charge in [-0.15, -0.1) is 0 Å². The van der Waals surface area contributed by atoms with Crippen LogP contribution in [0.3, 0.4) is 0 Å². The van der Waals surface area contributed by atoms with Gasteiger partial charge < -0.3 is 5.11 Å². The summed E-state index contributed by atoms with van der Waals surface area (Å²) in [5.74, 6) is -60.4. The lowest BCUT2D eigenvalue weighted by Crippen LogP contribution is -2.75. The quantitative estimate of drug-likeness (QED) is 0.154. The topological polar surface area (TPSA) is 97.0 Å². The van der Waals surface area contributed by atoms with Gasteiger partial charge in [0, 0.05) is 11.0 Å². The summed E-state index contributed by atoms with van der Waals surface area (Å²) in [5.41, 5.74) is -4.27. The van der Waals surface area contributed by atoms with Crippen LogP contribution in [0.4, 0.5) is 74.6 Å². The third-order valence-corrected chi connectivity index (χ3v) is 5.65. The van der Waals surface area contributed by atoms with E-state index in [-0.39, 0.29) is 26.2 Å². The number of rotatable bonds is 13. The second-order valence-electron chi connectivity index (χ2n) is 9.09. The maximum absolute atomic E-state index is 14.2. The summed E-state index contributed by atoms with van der Waals surface area (Å²) in [6.07, 6.45) is -10.5. The van der Waals surface area contributed by atoms with Crippen molar-refractivity contribution in [2.45, 2.75) is 94.8 Å². The molecule has 0 aromatic carbocycles. The molecule has 0 fully saturated rings. The van der Waals surface area contributed by atoms with E-state index in [0.717, 1.165) is 0 Å². The molecule has 0 heterocycles. The van der Waals surface area contributed by atoms with Crippen LogP contribution in [0.2, 0.25) is 0 Å². The Balaban J connectivity index is -0.00000195. The van der Waals surface area contributed by atoms with E-state index in [1.165, 1.54) is 0 Å². The van der Waals surface area contributed by atoms with E-state index >= 15 is 0 Å². The highest BCUT2D eigenvalue weighted by Gasteiger charge is 2.95. The minimum atomic E-state index is -8.80. The number of halogens is 17. The van der Waals surface area contributed by atoms with Crippen LogP contribution in [0.5, 0.6) is 0 Å². The number of alkyl halides is 17. The van der Waals surface area contributed by atoms with E-state index in [9.17, 15) is 94.8 Å². The van der Waals surface area contributed by atoms with Crippen LogP contribution in [0, 0.1) is 18.3 Å². The maximum Gasteiger partial charge on any atom is 0.460 e. The zero-order chi connectivity index (χ0) is 37.5. The van der Waals surface area contributed by atoms with Gasteiger partial charge in [-0.2, -0.15) is 74.6 Å². The molecular weight excluding hydrogens is 679 g/mol. The lowest BCUT2D eigenvalue weighted by molar-refractivity contribution is -0.465. The Bertz CT molecular complexity index is 956. The molecule has 22 heteroatoms. The molecule has 0 spiro atoms. The molecule has 0 bridgehead atoms. The predicted octanol–water partition coefficient (Wildman–Crippen LogP) is 8.52. The first-order chi connectivity index (χ1) is 19.6. The molecule has 0 amide bonds. The van der Waals surface area contributed by atoms with Gasteiger partial charge in [0.25, 0.3) is 0 Å². The van der Waals surface area contributed by atoms with E-state index in [1.54, 1.807) is 26.7 Å². The molecule has 267 valence electrons. The van der Waals surface area contributed by atoms with Gasteiger partial charge in [0.1, 0.15) is 0 Å².